The third-order valence-electron chi connectivity index (χ3n) is 1.94. The third kappa shape index (κ3) is 3.52. The molecule has 1 N–H and O–H groups in total. The molecule has 14 heavy (non-hydrogen) atoms. The van der Waals surface area contributed by atoms with Gasteiger partial charge < -0.3 is 9.25 Å². The van der Waals surface area contributed by atoms with Crippen molar-refractivity contribution in [1.29, 1.82) is 0 Å². The number of rotatable bonds is 6. The second-order valence-corrected chi connectivity index (χ2v) is 3.80. The van der Waals surface area contributed by atoms with Crippen LogP contribution in [0.4, 0.5) is 0 Å². The van der Waals surface area contributed by atoms with Crippen LogP contribution < -0.4 is 5.48 Å². The van der Waals surface area contributed by atoms with Gasteiger partial charge in [-0.25, -0.2) is 0 Å². The lowest BCUT2D eigenvalue weighted by molar-refractivity contribution is -0.00498. The highest BCUT2D eigenvalue weighted by Gasteiger charge is 2.11. The van der Waals surface area contributed by atoms with E-state index in [1.807, 2.05) is 12.1 Å². The second-order valence-electron chi connectivity index (χ2n) is 3.80. The lowest BCUT2D eigenvalue weighted by Gasteiger charge is -2.15. The summed E-state index contributed by atoms with van der Waals surface area (Å²) in [5, 5.41) is 0. The van der Waals surface area contributed by atoms with E-state index in [1.165, 1.54) is 0 Å². The van der Waals surface area contributed by atoms with E-state index in [0.717, 1.165) is 18.8 Å². The Balaban J connectivity index is 2.33. The van der Waals surface area contributed by atoms with Gasteiger partial charge in [0, 0.05) is 0 Å². The Morgan fingerprint density at radius 2 is 2.29 bits per heavy atom. The van der Waals surface area contributed by atoms with Crippen molar-refractivity contribution in [3.05, 3.63) is 24.2 Å². The van der Waals surface area contributed by atoms with Gasteiger partial charge in [0.05, 0.1) is 18.9 Å². The predicted octanol–water partition coefficient (Wildman–Crippen LogP) is 2.91. The molecule has 1 rings (SSSR count). The number of furan rings is 1. The Morgan fingerprint density at radius 1 is 1.50 bits per heavy atom. The van der Waals surface area contributed by atoms with Gasteiger partial charge in [-0.2, -0.15) is 5.48 Å². The molecule has 3 heteroatoms. The first-order valence-electron chi connectivity index (χ1n) is 5.14. The summed E-state index contributed by atoms with van der Waals surface area (Å²) in [6.45, 7) is 7.06. The third-order valence-corrected chi connectivity index (χ3v) is 1.94. The molecule has 0 amide bonds. The van der Waals surface area contributed by atoms with Crippen molar-refractivity contribution in [1.82, 2.24) is 5.48 Å². The van der Waals surface area contributed by atoms with Crippen molar-refractivity contribution in [3.8, 4) is 0 Å². The predicted molar refractivity (Wildman–Crippen MR) is 55.7 cm³/mol. The normalized spacial score (nSPS) is 13.4. The van der Waals surface area contributed by atoms with Gasteiger partial charge in [0.25, 0.3) is 0 Å². The van der Waals surface area contributed by atoms with Gasteiger partial charge in [0.2, 0.25) is 0 Å². The zero-order valence-electron chi connectivity index (χ0n) is 9.12. The first kappa shape index (κ1) is 11.3. The number of hydrogen-bond acceptors (Lipinski definition) is 3. The average molecular weight is 197 g/mol. The lowest BCUT2D eigenvalue weighted by Crippen LogP contribution is -2.22. The lowest BCUT2D eigenvalue weighted by atomic mass is 10.2. The SMILES string of the molecule is CCC(NOCC(C)C)c1ccco1. The number of hydrogen-bond donors (Lipinski definition) is 1. The molecule has 1 unspecified atom stereocenters. The van der Waals surface area contributed by atoms with E-state index in [0.29, 0.717) is 5.92 Å². The molecule has 0 aliphatic heterocycles. The van der Waals surface area contributed by atoms with Gasteiger partial charge in [-0.15, -0.1) is 0 Å². The van der Waals surface area contributed by atoms with Crippen LogP contribution in [-0.4, -0.2) is 6.61 Å². The van der Waals surface area contributed by atoms with Crippen LogP contribution >= 0.6 is 0 Å². The van der Waals surface area contributed by atoms with Gasteiger partial charge in [0.1, 0.15) is 5.76 Å². The van der Waals surface area contributed by atoms with Gasteiger partial charge in [-0.3, -0.25) is 0 Å². The van der Waals surface area contributed by atoms with Gasteiger partial charge in [-0.05, 0) is 24.5 Å². The Labute approximate surface area is 85.4 Å². The van der Waals surface area contributed by atoms with Crippen LogP contribution in [0.25, 0.3) is 0 Å². The second kappa shape index (κ2) is 5.83. The van der Waals surface area contributed by atoms with E-state index >= 15 is 0 Å². The first-order valence-corrected chi connectivity index (χ1v) is 5.14. The summed E-state index contributed by atoms with van der Waals surface area (Å²) in [4.78, 5) is 5.36. The van der Waals surface area contributed by atoms with E-state index in [9.17, 15) is 0 Å². The minimum Gasteiger partial charge on any atom is -0.468 e. The molecule has 0 aromatic carbocycles. The number of hydroxylamine groups is 1. The van der Waals surface area contributed by atoms with Crippen molar-refractivity contribution in [2.24, 2.45) is 5.92 Å². The minimum atomic E-state index is 0.156. The van der Waals surface area contributed by atoms with Crippen molar-refractivity contribution in [2.45, 2.75) is 33.2 Å². The number of nitrogens with one attached hydrogen (secondary N) is 1. The maximum absolute atomic E-state index is 5.36. The van der Waals surface area contributed by atoms with Crippen molar-refractivity contribution < 1.29 is 9.25 Å². The molecule has 1 aromatic rings. The van der Waals surface area contributed by atoms with Crippen LogP contribution in [0.5, 0.6) is 0 Å². The smallest absolute Gasteiger partial charge is 0.122 e. The molecule has 80 valence electrons. The van der Waals surface area contributed by atoms with Gasteiger partial charge in [0.15, 0.2) is 0 Å². The molecule has 1 aromatic heterocycles. The molecular formula is C11H19NO2. The van der Waals surface area contributed by atoms with E-state index in [1.54, 1.807) is 6.26 Å². The van der Waals surface area contributed by atoms with E-state index < -0.39 is 0 Å². The summed E-state index contributed by atoms with van der Waals surface area (Å²) in [6.07, 6.45) is 2.63. The topological polar surface area (TPSA) is 34.4 Å². The Morgan fingerprint density at radius 3 is 2.79 bits per heavy atom. The molecule has 3 nitrogen and oxygen atoms in total. The maximum Gasteiger partial charge on any atom is 0.122 e. The van der Waals surface area contributed by atoms with Gasteiger partial charge in [-0.1, -0.05) is 20.8 Å². The largest absolute Gasteiger partial charge is 0.468 e. The molecule has 1 atom stereocenters. The molecule has 0 spiro atoms. The molecule has 0 aliphatic carbocycles. The maximum atomic E-state index is 5.36. The van der Waals surface area contributed by atoms with Gasteiger partial charge >= 0.3 is 0 Å². The summed E-state index contributed by atoms with van der Waals surface area (Å²) in [6, 6.07) is 4.01. The highest BCUT2D eigenvalue weighted by Crippen LogP contribution is 2.16. The van der Waals surface area contributed by atoms with Crippen LogP contribution in [0.2, 0.25) is 0 Å². The van der Waals surface area contributed by atoms with Crippen LogP contribution in [0.1, 0.15) is 39.0 Å². The fraction of sp³-hybridized carbons (Fsp3) is 0.636. The van der Waals surface area contributed by atoms with Crippen molar-refractivity contribution in [2.75, 3.05) is 6.61 Å². The van der Waals surface area contributed by atoms with Crippen LogP contribution in [0.15, 0.2) is 22.8 Å². The Bertz CT molecular complexity index is 231. The van der Waals surface area contributed by atoms with Crippen LogP contribution in [-0.2, 0) is 4.84 Å². The zero-order valence-corrected chi connectivity index (χ0v) is 9.12. The minimum absolute atomic E-state index is 0.156. The van der Waals surface area contributed by atoms with E-state index in [-0.39, 0.29) is 6.04 Å². The Kier molecular flexibility index (Phi) is 4.70. The summed E-state index contributed by atoms with van der Waals surface area (Å²) in [7, 11) is 0. The zero-order chi connectivity index (χ0) is 10.4. The highest BCUT2D eigenvalue weighted by atomic mass is 16.6. The first-order chi connectivity index (χ1) is 6.74. The summed E-state index contributed by atoms with van der Waals surface area (Å²) < 4.78 is 5.30. The molecule has 0 fully saturated rings. The molecule has 1 heterocycles. The summed E-state index contributed by atoms with van der Waals surface area (Å²) in [5.41, 5.74) is 3.01. The average Bonchev–Trinajstić information content (AvgIpc) is 2.64. The molecule has 0 radical (unpaired) electrons. The highest BCUT2D eigenvalue weighted by molar-refractivity contribution is 5.03. The van der Waals surface area contributed by atoms with Crippen LogP contribution in [0, 0.1) is 5.92 Å². The molecular weight excluding hydrogens is 178 g/mol. The molecule has 0 aliphatic rings. The van der Waals surface area contributed by atoms with E-state index in [4.69, 9.17) is 9.25 Å². The summed E-state index contributed by atoms with van der Waals surface area (Å²) >= 11 is 0. The molecule has 0 bridgehead atoms. The quantitative estimate of drug-likeness (QED) is 0.712. The fourth-order valence-electron chi connectivity index (χ4n) is 1.15. The van der Waals surface area contributed by atoms with E-state index in [2.05, 4.69) is 26.3 Å². The molecule has 0 saturated carbocycles. The Hall–Kier alpha value is -0.800. The standard InChI is InChI=1S/C11H19NO2/c1-4-10(11-6-5-7-13-11)12-14-8-9(2)3/h5-7,9-10,12H,4,8H2,1-3H3. The fourth-order valence-corrected chi connectivity index (χ4v) is 1.15. The summed E-state index contributed by atoms with van der Waals surface area (Å²) in [5.74, 6) is 1.47. The molecule has 0 saturated heterocycles. The van der Waals surface area contributed by atoms with Crippen LogP contribution in [0.3, 0.4) is 0 Å². The van der Waals surface area contributed by atoms with Crippen molar-refractivity contribution >= 4 is 0 Å². The monoisotopic (exact) mass is 197 g/mol. The van der Waals surface area contributed by atoms with Crippen molar-refractivity contribution in [3.63, 3.8) is 0 Å².